The first-order chi connectivity index (χ1) is 23.4. The molecule has 0 N–H and O–H groups in total. The van der Waals surface area contributed by atoms with E-state index in [0.717, 1.165) is 22.6 Å². The molecule has 0 aromatic heterocycles. The van der Waals surface area contributed by atoms with Crippen molar-refractivity contribution < 1.29 is 0 Å². The van der Waals surface area contributed by atoms with Gasteiger partial charge in [0.15, 0.2) is 0 Å². The lowest BCUT2D eigenvalue weighted by Gasteiger charge is -2.30. The number of halogens is 2. The van der Waals surface area contributed by atoms with Gasteiger partial charge < -0.3 is 4.90 Å². The lowest BCUT2D eigenvalue weighted by molar-refractivity contribution is 0.590. The minimum Gasteiger partial charge on any atom is -0.309 e. The molecule has 244 valence electrons. The fraction of sp³-hybridized carbons (Fsp3) is 0.174. The molecule has 3 heteroatoms. The Morgan fingerprint density at radius 2 is 0.898 bits per heavy atom. The molecule has 0 atom stereocenters. The second-order valence-electron chi connectivity index (χ2n) is 14.9. The number of benzene rings is 7. The molecule has 49 heavy (non-hydrogen) atoms. The SMILES string of the molecule is CC(C)(C)c1ccc(N(c2ccc3c(-c4ccccc4)c4ccccc4c(-c4ccccc4)c3c2)c2cc(C(C)(C)C)cc(Cl)c2Cl)cc1. The van der Waals surface area contributed by atoms with Crippen LogP contribution in [-0.4, -0.2) is 0 Å². The van der Waals surface area contributed by atoms with Crippen LogP contribution in [0, 0.1) is 0 Å². The highest BCUT2D eigenvalue weighted by Gasteiger charge is 2.25. The van der Waals surface area contributed by atoms with Crippen LogP contribution in [0.4, 0.5) is 17.1 Å². The molecule has 7 aromatic rings. The lowest BCUT2D eigenvalue weighted by Crippen LogP contribution is -2.16. The van der Waals surface area contributed by atoms with Crippen molar-refractivity contribution in [2.24, 2.45) is 0 Å². The Bertz CT molecular complexity index is 2290. The van der Waals surface area contributed by atoms with Crippen molar-refractivity contribution in [3.8, 4) is 22.3 Å². The van der Waals surface area contributed by atoms with E-state index >= 15 is 0 Å². The second kappa shape index (κ2) is 12.7. The molecular weight excluding hydrogens is 637 g/mol. The average Bonchev–Trinajstić information content (AvgIpc) is 3.09. The van der Waals surface area contributed by atoms with Crippen LogP contribution in [0.2, 0.25) is 10.0 Å². The predicted octanol–water partition coefficient (Wildman–Crippen LogP) is 14.7. The summed E-state index contributed by atoms with van der Waals surface area (Å²) >= 11 is 14.1. The average molecular weight is 679 g/mol. The van der Waals surface area contributed by atoms with Crippen molar-refractivity contribution in [1.82, 2.24) is 0 Å². The van der Waals surface area contributed by atoms with E-state index in [1.54, 1.807) is 0 Å². The van der Waals surface area contributed by atoms with Gasteiger partial charge in [0.05, 0.1) is 15.7 Å². The van der Waals surface area contributed by atoms with Crippen molar-refractivity contribution in [2.45, 2.75) is 52.4 Å². The summed E-state index contributed by atoms with van der Waals surface area (Å²) in [5, 5.41) is 5.89. The molecule has 7 aromatic carbocycles. The fourth-order valence-corrected chi connectivity index (χ4v) is 7.25. The van der Waals surface area contributed by atoms with Gasteiger partial charge in [-0.25, -0.2) is 0 Å². The number of rotatable bonds is 5. The molecule has 0 aliphatic rings. The molecule has 0 fully saturated rings. The van der Waals surface area contributed by atoms with Gasteiger partial charge in [-0.1, -0.05) is 168 Å². The number of anilines is 3. The van der Waals surface area contributed by atoms with E-state index < -0.39 is 0 Å². The second-order valence-corrected chi connectivity index (χ2v) is 15.7. The quantitative estimate of drug-likeness (QED) is 0.164. The van der Waals surface area contributed by atoms with Crippen LogP contribution in [-0.2, 0) is 10.8 Å². The molecule has 0 spiro atoms. The third-order valence-corrected chi connectivity index (χ3v) is 10.3. The summed E-state index contributed by atoms with van der Waals surface area (Å²) in [5.74, 6) is 0. The molecule has 0 aliphatic heterocycles. The van der Waals surface area contributed by atoms with Gasteiger partial charge >= 0.3 is 0 Å². The highest BCUT2D eigenvalue weighted by molar-refractivity contribution is 6.44. The van der Waals surface area contributed by atoms with Crippen LogP contribution in [0.5, 0.6) is 0 Å². The first-order valence-corrected chi connectivity index (χ1v) is 17.7. The van der Waals surface area contributed by atoms with Crippen molar-refractivity contribution in [1.29, 1.82) is 0 Å². The van der Waals surface area contributed by atoms with E-state index in [1.165, 1.54) is 49.4 Å². The molecule has 0 amide bonds. The molecule has 0 aliphatic carbocycles. The zero-order valence-corrected chi connectivity index (χ0v) is 30.5. The van der Waals surface area contributed by atoms with Crippen molar-refractivity contribution >= 4 is 61.8 Å². The molecule has 7 rings (SSSR count). The van der Waals surface area contributed by atoms with Gasteiger partial charge in [0.2, 0.25) is 0 Å². The van der Waals surface area contributed by atoms with Crippen LogP contribution in [0.1, 0.15) is 52.7 Å². The Kier molecular flexibility index (Phi) is 8.55. The van der Waals surface area contributed by atoms with Crippen molar-refractivity contribution in [3.63, 3.8) is 0 Å². The maximum Gasteiger partial charge on any atom is 0.0833 e. The lowest BCUT2D eigenvalue weighted by atomic mass is 9.85. The van der Waals surface area contributed by atoms with Crippen LogP contribution in [0.25, 0.3) is 43.8 Å². The molecule has 0 radical (unpaired) electrons. The maximum atomic E-state index is 7.17. The summed E-state index contributed by atoms with van der Waals surface area (Å²) in [6.45, 7) is 13.3. The summed E-state index contributed by atoms with van der Waals surface area (Å²) in [6, 6.07) is 50.1. The van der Waals surface area contributed by atoms with E-state index in [-0.39, 0.29) is 10.8 Å². The van der Waals surface area contributed by atoms with Gasteiger partial charge in [-0.2, -0.15) is 0 Å². The number of fused-ring (bicyclic) bond motifs is 2. The zero-order valence-electron chi connectivity index (χ0n) is 29.0. The number of nitrogens with zero attached hydrogens (tertiary/aromatic N) is 1. The van der Waals surface area contributed by atoms with Crippen molar-refractivity contribution in [3.05, 3.63) is 161 Å². The standard InChI is InChI=1S/C46H41Cl2N/c1-45(2,3)32-21-23-34(24-22-32)49(41-28-33(46(4,5)6)27-40(47)44(41)48)35-25-26-38-39(29-35)43(31-17-11-8-12-18-31)37-20-14-13-19-36(37)42(38)30-15-9-7-10-16-30/h7-29H,1-6H3. The van der Waals surface area contributed by atoms with Crippen molar-refractivity contribution in [2.75, 3.05) is 4.90 Å². The first kappa shape index (κ1) is 33.0. The Labute approximate surface area is 300 Å². The molecule has 0 saturated heterocycles. The first-order valence-electron chi connectivity index (χ1n) is 16.9. The molecule has 1 nitrogen and oxygen atoms in total. The maximum absolute atomic E-state index is 7.17. The number of hydrogen-bond donors (Lipinski definition) is 0. The van der Waals surface area contributed by atoms with E-state index in [9.17, 15) is 0 Å². The minimum absolute atomic E-state index is 0.0267. The smallest absolute Gasteiger partial charge is 0.0833 e. The van der Waals surface area contributed by atoms with E-state index in [2.05, 4.69) is 180 Å². The highest BCUT2D eigenvalue weighted by atomic mass is 35.5. The summed E-state index contributed by atoms with van der Waals surface area (Å²) in [6.07, 6.45) is 0. The predicted molar refractivity (Wildman–Crippen MR) is 214 cm³/mol. The molecular formula is C46H41Cl2N. The van der Waals surface area contributed by atoms with E-state index in [0.29, 0.717) is 10.0 Å². The topological polar surface area (TPSA) is 3.24 Å². The normalized spacial score (nSPS) is 12.1. The van der Waals surface area contributed by atoms with E-state index in [4.69, 9.17) is 23.2 Å². The van der Waals surface area contributed by atoms with Gasteiger partial charge in [-0.15, -0.1) is 0 Å². The fourth-order valence-electron chi connectivity index (χ4n) is 6.85. The number of hydrogen-bond acceptors (Lipinski definition) is 1. The van der Waals surface area contributed by atoms with E-state index in [1.807, 2.05) is 6.07 Å². The Balaban J connectivity index is 1.59. The Hall–Kier alpha value is -4.56. The highest BCUT2D eigenvalue weighted by Crippen LogP contribution is 2.48. The van der Waals surface area contributed by atoms with Crippen LogP contribution in [0.15, 0.2) is 140 Å². The largest absolute Gasteiger partial charge is 0.309 e. The molecule has 0 heterocycles. The molecule has 0 saturated carbocycles. The van der Waals surface area contributed by atoms with Crippen LogP contribution in [0.3, 0.4) is 0 Å². The zero-order chi connectivity index (χ0) is 34.5. The van der Waals surface area contributed by atoms with Gasteiger partial charge in [0.1, 0.15) is 0 Å². The Morgan fingerprint density at radius 3 is 1.43 bits per heavy atom. The molecule has 0 unspecified atom stereocenters. The van der Waals surface area contributed by atoms with Gasteiger partial charge in [-0.05, 0) is 102 Å². The third kappa shape index (κ3) is 6.23. The summed E-state index contributed by atoms with van der Waals surface area (Å²) in [5.41, 5.74) is 9.98. The van der Waals surface area contributed by atoms with Gasteiger partial charge in [-0.3, -0.25) is 0 Å². The third-order valence-electron chi connectivity index (χ3n) is 9.50. The van der Waals surface area contributed by atoms with Gasteiger partial charge in [0.25, 0.3) is 0 Å². The summed E-state index contributed by atoms with van der Waals surface area (Å²) < 4.78 is 0. The Morgan fingerprint density at radius 1 is 0.429 bits per heavy atom. The molecule has 0 bridgehead atoms. The summed E-state index contributed by atoms with van der Waals surface area (Å²) in [7, 11) is 0. The van der Waals surface area contributed by atoms with Gasteiger partial charge in [0, 0.05) is 11.4 Å². The summed E-state index contributed by atoms with van der Waals surface area (Å²) in [4.78, 5) is 2.27. The monoisotopic (exact) mass is 677 g/mol. The van der Waals surface area contributed by atoms with Crippen LogP contribution >= 0.6 is 23.2 Å². The minimum atomic E-state index is -0.127. The van der Waals surface area contributed by atoms with Crippen LogP contribution < -0.4 is 4.90 Å².